The molecule has 0 bridgehead atoms. The maximum absolute atomic E-state index is 12.2. The highest BCUT2D eigenvalue weighted by Gasteiger charge is 2.10. The average Bonchev–Trinajstić information content (AvgIpc) is 3.09. The second-order valence-corrected chi connectivity index (χ2v) is 6.23. The number of benzene rings is 2. The predicted molar refractivity (Wildman–Crippen MR) is 96.5 cm³/mol. The summed E-state index contributed by atoms with van der Waals surface area (Å²) in [6, 6.07) is 15.3. The van der Waals surface area contributed by atoms with Crippen LogP contribution in [-0.4, -0.2) is 18.0 Å². The second kappa shape index (κ2) is 7.27. The quantitative estimate of drug-likeness (QED) is 0.763. The average molecular weight is 338 g/mol. The number of ether oxygens (including phenoxy) is 1. The number of aryl methyl sites for hydroxylation is 1. The van der Waals surface area contributed by atoms with Crippen molar-refractivity contribution in [3.8, 4) is 16.3 Å². The molecule has 3 aromatic rings. The first-order valence-electron chi connectivity index (χ1n) is 7.60. The maximum Gasteiger partial charge on any atom is 0.251 e. The lowest BCUT2D eigenvalue weighted by molar-refractivity contribution is 0.0950. The number of hydrogen-bond donors (Lipinski definition) is 1. The van der Waals surface area contributed by atoms with Gasteiger partial charge in [0.25, 0.3) is 5.91 Å². The van der Waals surface area contributed by atoms with E-state index in [0.29, 0.717) is 12.1 Å². The topological polar surface area (TPSA) is 51.2 Å². The lowest BCUT2D eigenvalue weighted by atomic mass is 10.1. The van der Waals surface area contributed by atoms with E-state index in [9.17, 15) is 4.79 Å². The minimum absolute atomic E-state index is 0.0768. The number of amides is 1. The third-order valence-corrected chi connectivity index (χ3v) is 4.65. The molecule has 0 saturated heterocycles. The normalized spacial score (nSPS) is 10.4. The van der Waals surface area contributed by atoms with Crippen LogP contribution in [0.5, 0.6) is 5.75 Å². The molecule has 0 atom stereocenters. The lowest BCUT2D eigenvalue weighted by Gasteiger charge is -2.06. The van der Waals surface area contributed by atoms with Crippen LogP contribution in [0.15, 0.2) is 53.9 Å². The minimum atomic E-state index is -0.0768. The molecule has 1 heterocycles. The summed E-state index contributed by atoms with van der Waals surface area (Å²) < 4.78 is 5.16. The largest absolute Gasteiger partial charge is 0.497 e. The zero-order valence-corrected chi connectivity index (χ0v) is 14.4. The summed E-state index contributed by atoms with van der Waals surface area (Å²) in [4.78, 5) is 16.8. The van der Waals surface area contributed by atoms with E-state index in [0.717, 1.165) is 27.6 Å². The summed E-state index contributed by atoms with van der Waals surface area (Å²) in [5.74, 6) is 0.744. The number of nitrogens with one attached hydrogen (secondary N) is 1. The van der Waals surface area contributed by atoms with Crippen LogP contribution in [0.2, 0.25) is 0 Å². The Kier molecular flexibility index (Phi) is 4.91. The van der Waals surface area contributed by atoms with Crippen LogP contribution in [0, 0.1) is 6.92 Å². The Morgan fingerprint density at radius 3 is 2.62 bits per heavy atom. The van der Waals surface area contributed by atoms with Crippen LogP contribution in [-0.2, 0) is 6.54 Å². The Labute approximate surface area is 145 Å². The van der Waals surface area contributed by atoms with Crippen molar-refractivity contribution in [2.45, 2.75) is 13.5 Å². The zero-order chi connectivity index (χ0) is 16.9. The van der Waals surface area contributed by atoms with E-state index >= 15 is 0 Å². The number of thiazole rings is 1. The molecule has 0 aliphatic heterocycles. The first-order valence-corrected chi connectivity index (χ1v) is 8.48. The van der Waals surface area contributed by atoms with Gasteiger partial charge in [-0.1, -0.05) is 18.2 Å². The molecular formula is C19H18N2O2S. The van der Waals surface area contributed by atoms with Crippen molar-refractivity contribution in [2.24, 2.45) is 0 Å². The molecule has 0 saturated carbocycles. The third kappa shape index (κ3) is 3.63. The van der Waals surface area contributed by atoms with E-state index in [4.69, 9.17) is 4.74 Å². The standard InChI is InChI=1S/C19H18N2O2S/c1-13-5-3-4-6-17(13)18(22)20-11-15-12-24-19(21-15)14-7-9-16(23-2)10-8-14/h3-10,12H,11H2,1-2H3,(H,20,22). The summed E-state index contributed by atoms with van der Waals surface area (Å²) >= 11 is 1.56. The molecule has 0 fully saturated rings. The zero-order valence-electron chi connectivity index (χ0n) is 13.6. The molecule has 0 aliphatic rings. The molecule has 1 N–H and O–H groups in total. The highest BCUT2D eigenvalue weighted by atomic mass is 32.1. The van der Waals surface area contributed by atoms with Crippen LogP contribution in [0.3, 0.4) is 0 Å². The fourth-order valence-corrected chi connectivity index (χ4v) is 3.17. The summed E-state index contributed by atoms with van der Waals surface area (Å²) in [5, 5.41) is 5.82. The Bertz CT molecular complexity index is 841. The third-order valence-electron chi connectivity index (χ3n) is 3.71. The minimum Gasteiger partial charge on any atom is -0.497 e. The molecule has 3 rings (SSSR count). The molecule has 1 amide bonds. The number of aromatic nitrogens is 1. The Morgan fingerprint density at radius 2 is 1.92 bits per heavy atom. The van der Waals surface area contributed by atoms with Gasteiger partial charge in [0.2, 0.25) is 0 Å². The molecule has 1 aromatic heterocycles. The highest BCUT2D eigenvalue weighted by Crippen LogP contribution is 2.25. The first-order chi connectivity index (χ1) is 11.7. The fraction of sp³-hybridized carbons (Fsp3) is 0.158. The van der Waals surface area contributed by atoms with Crippen molar-refractivity contribution in [3.63, 3.8) is 0 Å². The van der Waals surface area contributed by atoms with Gasteiger partial charge in [-0.05, 0) is 42.8 Å². The number of methoxy groups -OCH3 is 1. The Balaban J connectivity index is 1.66. The van der Waals surface area contributed by atoms with Gasteiger partial charge < -0.3 is 10.1 Å². The molecule has 4 nitrogen and oxygen atoms in total. The summed E-state index contributed by atoms with van der Waals surface area (Å²) in [6.45, 7) is 2.35. The van der Waals surface area contributed by atoms with E-state index in [1.54, 1.807) is 18.4 Å². The van der Waals surface area contributed by atoms with Crippen molar-refractivity contribution < 1.29 is 9.53 Å². The van der Waals surface area contributed by atoms with Crippen LogP contribution in [0.25, 0.3) is 10.6 Å². The molecule has 0 spiro atoms. The Hall–Kier alpha value is -2.66. The highest BCUT2D eigenvalue weighted by molar-refractivity contribution is 7.13. The summed E-state index contributed by atoms with van der Waals surface area (Å²) in [7, 11) is 1.65. The summed E-state index contributed by atoms with van der Waals surface area (Å²) in [6.07, 6.45) is 0. The van der Waals surface area contributed by atoms with Crippen molar-refractivity contribution in [3.05, 3.63) is 70.7 Å². The monoisotopic (exact) mass is 338 g/mol. The SMILES string of the molecule is COc1ccc(-c2nc(CNC(=O)c3ccccc3C)cs2)cc1. The molecule has 5 heteroatoms. The molecule has 122 valence electrons. The van der Waals surface area contributed by atoms with Crippen molar-refractivity contribution in [2.75, 3.05) is 7.11 Å². The van der Waals surface area contributed by atoms with Gasteiger partial charge in [0.15, 0.2) is 0 Å². The van der Waals surface area contributed by atoms with Crippen LogP contribution in [0.4, 0.5) is 0 Å². The lowest BCUT2D eigenvalue weighted by Crippen LogP contribution is -2.23. The van der Waals surface area contributed by atoms with Crippen molar-refractivity contribution in [1.82, 2.24) is 10.3 Å². The molecule has 0 radical (unpaired) electrons. The van der Waals surface area contributed by atoms with E-state index in [2.05, 4.69) is 10.3 Å². The predicted octanol–water partition coefficient (Wildman–Crippen LogP) is 4.06. The van der Waals surface area contributed by atoms with Crippen molar-refractivity contribution >= 4 is 17.2 Å². The number of carbonyl (C=O) groups excluding carboxylic acids is 1. The van der Waals surface area contributed by atoms with E-state index in [1.807, 2.05) is 60.8 Å². The van der Waals surface area contributed by atoms with E-state index < -0.39 is 0 Å². The van der Waals surface area contributed by atoms with Crippen LogP contribution in [0.1, 0.15) is 21.6 Å². The maximum atomic E-state index is 12.2. The summed E-state index contributed by atoms with van der Waals surface area (Å²) in [5.41, 5.74) is 3.56. The van der Waals surface area contributed by atoms with Crippen LogP contribution >= 0.6 is 11.3 Å². The molecule has 0 aliphatic carbocycles. The smallest absolute Gasteiger partial charge is 0.251 e. The van der Waals surface area contributed by atoms with Gasteiger partial charge in [0.05, 0.1) is 19.3 Å². The second-order valence-electron chi connectivity index (χ2n) is 5.37. The number of rotatable bonds is 5. The van der Waals surface area contributed by atoms with Gasteiger partial charge in [-0.15, -0.1) is 11.3 Å². The van der Waals surface area contributed by atoms with Gasteiger partial charge in [-0.3, -0.25) is 4.79 Å². The van der Waals surface area contributed by atoms with Crippen LogP contribution < -0.4 is 10.1 Å². The molecule has 0 unspecified atom stereocenters. The van der Waals surface area contributed by atoms with Gasteiger partial charge in [0.1, 0.15) is 10.8 Å². The molecule has 24 heavy (non-hydrogen) atoms. The number of carbonyl (C=O) groups is 1. The van der Waals surface area contributed by atoms with Gasteiger partial charge in [0, 0.05) is 16.5 Å². The number of hydrogen-bond acceptors (Lipinski definition) is 4. The van der Waals surface area contributed by atoms with Gasteiger partial charge in [-0.2, -0.15) is 0 Å². The fourth-order valence-electron chi connectivity index (χ4n) is 2.35. The van der Waals surface area contributed by atoms with E-state index in [-0.39, 0.29) is 5.91 Å². The van der Waals surface area contributed by atoms with Crippen molar-refractivity contribution in [1.29, 1.82) is 0 Å². The van der Waals surface area contributed by atoms with E-state index in [1.165, 1.54) is 0 Å². The van der Waals surface area contributed by atoms with Gasteiger partial charge in [-0.25, -0.2) is 4.98 Å². The van der Waals surface area contributed by atoms with Gasteiger partial charge >= 0.3 is 0 Å². The Morgan fingerprint density at radius 1 is 1.17 bits per heavy atom. The molecular weight excluding hydrogens is 320 g/mol. The first kappa shape index (κ1) is 16.2. The molecule has 2 aromatic carbocycles. The number of nitrogens with zero attached hydrogens (tertiary/aromatic N) is 1.